The molecule has 1 aliphatic heterocycles. The van der Waals surface area contributed by atoms with Gasteiger partial charge in [-0.15, -0.1) is 0 Å². The van der Waals surface area contributed by atoms with Gasteiger partial charge >= 0.3 is 0 Å². The van der Waals surface area contributed by atoms with E-state index in [0.717, 1.165) is 25.3 Å². The summed E-state index contributed by atoms with van der Waals surface area (Å²) < 4.78 is 28.0. The lowest BCUT2D eigenvalue weighted by Crippen LogP contribution is -2.39. The molecule has 0 aliphatic carbocycles. The maximum atomic E-state index is 12.2. The molecule has 6 nitrogen and oxygen atoms in total. The largest absolute Gasteiger partial charge is 0.333 e. The van der Waals surface area contributed by atoms with Crippen LogP contribution in [0.25, 0.3) is 0 Å². The van der Waals surface area contributed by atoms with Gasteiger partial charge in [0.15, 0.2) is 0 Å². The molecule has 0 amide bonds. The summed E-state index contributed by atoms with van der Waals surface area (Å²) in [7, 11) is -3.15. The van der Waals surface area contributed by atoms with Crippen LogP contribution < -0.4 is 5.32 Å². The van der Waals surface area contributed by atoms with E-state index in [1.54, 1.807) is 10.5 Å². The molecule has 0 fully saturated rings. The van der Waals surface area contributed by atoms with E-state index in [0.29, 0.717) is 26.1 Å². The van der Waals surface area contributed by atoms with Crippen LogP contribution in [0.15, 0.2) is 12.4 Å². The van der Waals surface area contributed by atoms with Gasteiger partial charge in [0.1, 0.15) is 5.82 Å². The van der Waals surface area contributed by atoms with E-state index in [4.69, 9.17) is 0 Å². The number of fused-ring (bicyclic) bond motifs is 1. The van der Waals surface area contributed by atoms with Gasteiger partial charge in [0.05, 0.1) is 12.3 Å². The molecular weight excluding hydrogens is 264 g/mol. The molecule has 1 N–H and O–H groups in total. The number of hydrogen-bond donors (Lipinski definition) is 1. The van der Waals surface area contributed by atoms with Crippen LogP contribution in [0.1, 0.15) is 25.6 Å². The Labute approximate surface area is 114 Å². The molecule has 108 valence electrons. The zero-order chi connectivity index (χ0) is 13.7. The van der Waals surface area contributed by atoms with Gasteiger partial charge in [0.2, 0.25) is 10.0 Å². The monoisotopic (exact) mass is 286 g/mol. The summed E-state index contributed by atoms with van der Waals surface area (Å²) >= 11 is 0. The topological polar surface area (TPSA) is 67.2 Å². The first-order chi connectivity index (χ1) is 9.13. The second-order valence-electron chi connectivity index (χ2n) is 4.79. The molecule has 0 spiro atoms. The summed E-state index contributed by atoms with van der Waals surface area (Å²) in [6, 6.07) is 0. The number of sulfonamides is 1. The number of aromatic nitrogens is 2. The second kappa shape index (κ2) is 6.49. The Bertz CT molecular complexity index is 498. The van der Waals surface area contributed by atoms with Crippen LogP contribution in [0.2, 0.25) is 0 Å². The molecular formula is C12H22N4O2S. The van der Waals surface area contributed by atoms with Crippen molar-refractivity contribution in [3.05, 3.63) is 18.2 Å². The maximum absolute atomic E-state index is 12.2. The van der Waals surface area contributed by atoms with Gasteiger partial charge in [-0.2, -0.15) is 4.31 Å². The SMILES string of the molecule is CCCNCCCS(=O)(=O)N1CCn2ccnc2C1. The number of hydrogen-bond acceptors (Lipinski definition) is 4. The van der Waals surface area contributed by atoms with Crippen molar-refractivity contribution in [3.8, 4) is 0 Å². The third-order valence-corrected chi connectivity index (χ3v) is 5.19. The standard InChI is InChI=1S/C12H22N4O2S/c1-2-4-13-5-3-10-19(17,18)16-9-8-15-7-6-14-12(15)11-16/h6-7,13H,2-5,8-11H2,1H3. The Kier molecular flexibility index (Phi) is 4.95. The van der Waals surface area contributed by atoms with Crippen molar-refractivity contribution in [2.75, 3.05) is 25.4 Å². The molecule has 0 radical (unpaired) electrons. The van der Waals surface area contributed by atoms with Gasteiger partial charge in [-0.05, 0) is 25.9 Å². The number of imidazole rings is 1. The molecule has 1 aromatic heterocycles. The molecule has 0 saturated carbocycles. The Hall–Kier alpha value is -0.920. The molecule has 2 rings (SSSR count). The number of nitrogens with zero attached hydrogens (tertiary/aromatic N) is 3. The Morgan fingerprint density at radius 1 is 1.37 bits per heavy atom. The van der Waals surface area contributed by atoms with E-state index in [1.807, 2.05) is 10.8 Å². The zero-order valence-electron chi connectivity index (χ0n) is 11.4. The van der Waals surface area contributed by atoms with Gasteiger partial charge in [-0.3, -0.25) is 0 Å². The third-order valence-electron chi connectivity index (χ3n) is 3.29. The predicted molar refractivity (Wildman–Crippen MR) is 74.2 cm³/mol. The van der Waals surface area contributed by atoms with Gasteiger partial charge < -0.3 is 9.88 Å². The highest BCUT2D eigenvalue weighted by molar-refractivity contribution is 7.89. The summed E-state index contributed by atoms with van der Waals surface area (Å²) in [6.07, 6.45) is 5.35. The Morgan fingerprint density at radius 2 is 2.21 bits per heavy atom. The molecule has 0 atom stereocenters. The summed E-state index contributed by atoms with van der Waals surface area (Å²) in [4.78, 5) is 4.19. The lowest BCUT2D eigenvalue weighted by atomic mass is 10.4. The van der Waals surface area contributed by atoms with Crippen molar-refractivity contribution in [3.63, 3.8) is 0 Å². The van der Waals surface area contributed by atoms with Crippen molar-refractivity contribution in [1.82, 2.24) is 19.2 Å². The lowest BCUT2D eigenvalue weighted by Gasteiger charge is -2.26. The molecule has 0 aromatic carbocycles. The molecule has 0 saturated heterocycles. The molecule has 7 heteroatoms. The van der Waals surface area contributed by atoms with Crippen molar-refractivity contribution in [1.29, 1.82) is 0 Å². The van der Waals surface area contributed by atoms with E-state index in [1.165, 1.54) is 0 Å². The van der Waals surface area contributed by atoms with Gasteiger partial charge in [-0.1, -0.05) is 6.92 Å². The fraction of sp³-hybridized carbons (Fsp3) is 0.750. The van der Waals surface area contributed by atoms with E-state index >= 15 is 0 Å². The zero-order valence-corrected chi connectivity index (χ0v) is 12.2. The van der Waals surface area contributed by atoms with Crippen molar-refractivity contribution in [2.45, 2.75) is 32.9 Å². The van der Waals surface area contributed by atoms with E-state index < -0.39 is 10.0 Å². The van der Waals surface area contributed by atoms with Crippen LogP contribution in [0.4, 0.5) is 0 Å². The Morgan fingerprint density at radius 3 is 3.00 bits per heavy atom. The maximum Gasteiger partial charge on any atom is 0.214 e. The normalized spacial score (nSPS) is 16.5. The Balaban J connectivity index is 1.84. The fourth-order valence-corrected chi connectivity index (χ4v) is 3.64. The van der Waals surface area contributed by atoms with Gasteiger partial charge in [-0.25, -0.2) is 13.4 Å². The van der Waals surface area contributed by atoms with Crippen LogP contribution in [-0.4, -0.2) is 47.7 Å². The highest BCUT2D eigenvalue weighted by atomic mass is 32.2. The number of nitrogens with one attached hydrogen (secondary N) is 1. The molecule has 2 heterocycles. The fourth-order valence-electron chi connectivity index (χ4n) is 2.20. The average Bonchev–Trinajstić information content (AvgIpc) is 2.85. The number of rotatable bonds is 7. The molecule has 19 heavy (non-hydrogen) atoms. The molecule has 0 unspecified atom stereocenters. The van der Waals surface area contributed by atoms with Crippen molar-refractivity contribution < 1.29 is 8.42 Å². The first kappa shape index (κ1) is 14.5. The third kappa shape index (κ3) is 3.77. The lowest BCUT2D eigenvalue weighted by molar-refractivity contribution is 0.335. The quantitative estimate of drug-likeness (QED) is 0.738. The summed E-state index contributed by atoms with van der Waals surface area (Å²) in [6.45, 7) is 5.45. The minimum Gasteiger partial charge on any atom is -0.333 e. The van der Waals surface area contributed by atoms with Crippen LogP contribution in [-0.2, 0) is 23.1 Å². The van der Waals surface area contributed by atoms with Crippen LogP contribution in [0.3, 0.4) is 0 Å². The second-order valence-corrected chi connectivity index (χ2v) is 6.88. The van der Waals surface area contributed by atoms with E-state index in [-0.39, 0.29) is 5.75 Å². The van der Waals surface area contributed by atoms with Gasteiger partial charge in [0.25, 0.3) is 0 Å². The van der Waals surface area contributed by atoms with Crippen molar-refractivity contribution >= 4 is 10.0 Å². The first-order valence-electron chi connectivity index (χ1n) is 6.82. The summed E-state index contributed by atoms with van der Waals surface area (Å²) in [5.74, 6) is 1.05. The highest BCUT2D eigenvalue weighted by Crippen LogP contribution is 2.14. The van der Waals surface area contributed by atoms with Crippen molar-refractivity contribution in [2.24, 2.45) is 0 Å². The van der Waals surface area contributed by atoms with Crippen LogP contribution in [0.5, 0.6) is 0 Å². The predicted octanol–water partition coefficient (Wildman–Crippen LogP) is 0.418. The molecule has 1 aliphatic rings. The van der Waals surface area contributed by atoms with Gasteiger partial charge in [0, 0.05) is 25.5 Å². The van der Waals surface area contributed by atoms with Crippen LogP contribution in [0, 0.1) is 0 Å². The van der Waals surface area contributed by atoms with E-state index in [2.05, 4.69) is 17.2 Å². The minimum absolute atomic E-state index is 0.213. The molecule has 0 bridgehead atoms. The molecule has 1 aromatic rings. The minimum atomic E-state index is -3.15. The van der Waals surface area contributed by atoms with E-state index in [9.17, 15) is 8.42 Å². The summed E-state index contributed by atoms with van der Waals surface area (Å²) in [5.41, 5.74) is 0. The smallest absolute Gasteiger partial charge is 0.214 e. The summed E-state index contributed by atoms with van der Waals surface area (Å²) in [5, 5.41) is 3.22. The average molecular weight is 286 g/mol. The van der Waals surface area contributed by atoms with Crippen LogP contribution >= 0.6 is 0 Å². The highest BCUT2D eigenvalue weighted by Gasteiger charge is 2.26. The first-order valence-corrected chi connectivity index (χ1v) is 8.43.